The van der Waals surface area contributed by atoms with Crippen LogP contribution in [0.1, 0.15) is 25.5 Å². The Balaban J connectivity index is 2.92. The molecule has 0 saturated heterocycles. The number of carbonyl (C=O) groups is 5. The minimum absolute atomic E-state index is 0.0584. The van der Waals surface area contributed by atoms with Crippen LogP contribution in [0.5, 0.6) is 0 Å². The van der Waals surface area contributed by atoms with Crippen molar-refractivity contribution in [2.24, 2.45) is 11.5 Å². The summed E-state index contributed by atoms with van der Waals surface area (Å²) < 4.78 is 0. The van der Waals surface area contributed by atoms with Crippen LogP contribution in [0.2, 0.25) is 0 Å². The Morgan fingerprint density at radius 3 is 2.18 bits per heavy atom. The molecule has 0 aliphatic rings. The van der Waals surface area contributed by atoms with Crippen LogP contribution in [-0.4, -0.2) is 91.8 Å². The highest BCUT2D eigenvalue weighted by molar-refractivity contribution is 5.94. The Kier molecular flexibility index (Phi) is 10.9. The molecule has 184 valence electrons. The van der Waals surface area contributed by atoms with Gasteiger partial charge in [0.2, 0.25) is 23.6 Å². The van der Waals surface area contributed by atoms with Gasteiger partial charge in [-0.15, -0.1) is 0 Å². The topological polar surface area (TPSA) is 263 Å². The molecule has 0 radical (unpaired) electrons. The highest BCUT2D eigenvalue weighted by atomic mass is 16.4. The van der Waals surface area contributed by atoms with Gasteiger partial charge in [0.25, 0.3) is 0 Å². The van der Waals surface area contributed by atoms with Crippen molar-refractivity contribution in [1.29, 1.82) is 0 Å². The summed E-state index contributed by atoms with van der Waals surface area (Å²) in [5.74, 6) is -4.89. The minimum Gasteiger partial charge on any atom is -0.480 e. The quantitative estimate of drug-likeness (QED) is 0.125. The average Bonchev–Trinajstić information content (AvgIpc) is 3.25. The predicted molar refractivity (Wildman–Crippen MR) is 111 cm³/mol. The van der Waals surface area contributed by atoms with Gasteiger partial charge < -0.3 is 47.7 Å². The van der Waals surface area contributed by atoms with Crippen LogP contribution < -0.4 is 27.4 Å². The molecule has 1 heterocycles. The van der Waals surface area contributed by atoms with E-state index in [4.69, 9.17) is 16.6 Å². The molecule has 1 aromatic rings. The third-order valence-corrected chi connectivity index (χ3v) is 4.51. The number of hydrogen-bond donors (Lipinski definition) is 9. The number of rotatable bonds is 14. The Labute approximate surface area is 188 Å². The largest absolute Gasteiger partial charge is 0.480 e. The number of carboxylic acid groups (broad SMARTS) is 1. The highest BCUT2D eigenvalue weighted by Crippen LogP contribution is 2.03. The number of carboxylic acids is 1. The van der Waals surface area contributed by atoms with E-state index in [0.29, 0.717) is 5.69 Å². The van der Waals surface area contributed by atoms with Crippen LogP contribution in [0.25, 0.3) is 0 Å². The van der Waals surface area contributed by atoms with Gasteiger partial charge in [-0.25, -0.2) is 9.78 Å². The lowest BCUT2D eigenvalue weighted by Gasteiger charge is -2.24. The summed E-state index contributed by atoms with van der Waals surface area (Å²) in [6.45, 7) is 0.246. The van der Waals surface area contributed by atoms with Gasteiger partial charge in [-0.2, -0.15) is 0 Å². The molecule has 33 heavy (non-hydrogen) atoms. The van der Waals surface area contributed by atoms with E-state index in [1.165, 1.54) is 12.5 Å². The van der Waals surface area contributed by atoms with Gasteiger partial charge in [0, 0.05) is 24.7 Å². The van der Waals surface area contributed by atoms with Gasteiger partial charge in [-0.1, -0.05) is 0 Å². The number of aliphatic hydroxyl groups is 2. The number of H-pyrrole nitrogens is 1. The molecule has 11 N–H and O–H groups in total. The number of aromatic amines is 1. The smallest absolute Gasteiger partial charge is 0.328 e. The fourth-order valence-corrected chi connectivity index (χ4v) is 2.64. The number of nitrogens with one attached hydrogen (secondary N) is 4. The minimum atomic E-state index is -1.67. The molecule has 4 amide bonds. The summed E-state index contributed by atoms with van der Waals surface area (Å²) in [7, 11) is 0. The summed E-state index contributed by atoms with van der Waals surface area (Å²) in [6, 6.07) is -5.67. The summed E-state index contributed by atoms with van der Waals surface area (Å²) in [5, 5.41) is 34.7. The molecule has 15 nitrogen and oxygen atoms in total. The van der Waals surface area contributed by atoms with Crippen molar-refractivity contribution < 1.29 is 39.3 Å². The molecule has 0 aliphatic heterocycles. The van der Waals surface area contributed by atoms with Crippen molar-refractivity contribution in [1.82, 2.24) is 25.9 Å². The van der Waals surface area contributed by atoms with Crippen LogP contribution in [0.3, 0.4) is 0 Å². The first-order chi connectivity index (χ1) is 15.5. The number of aliphatic hydroxyl groups excluding tert-OH is 2. The molecule has 0 saturated carbocycles. The van der Waals surface area contributed by atoms with Gasteiger partial charge in [-0.05, 0) is 13.3 Å². The fourth-order valence-electron chi connectivity index (χ4n) is 2.64. The number of nitrogens with zero attached hydrogens (tertiary/aromatic N) is 1. The summed E-state index contributed by atoms with van der Waals surface area (Å²) in [4.78, 5) is 66.1. The highest BCUT2D eigenvalue weighted by Gasteiger charge is 2.31. The monoisotopic (exact) mass is 471 g/mol. The number of imidazole rings is 1. The second-order valence-electron chi connectivity index (χ2n) is 7.26. The molecule has 5 unspecified atom stereocenters. The molecular weight excluding hydrogens is 442 g/mol. The first-order valence-electron chi connectivity index (χ1n) is 9.90. The van der Waals surface area contributed by atoms with Gasteiger partial charge in [0.1, 0.15) is 12.1 Å². The molecule has 1 rings (SSSR count). The third kappa shape index (κ3) is 9.22. The van der Waals surface area contributed by atoms with Crippen molar-refractivity contribution in [2.45, 2.75) is 56.5 Å². The Morgan fingerprint density at radius 2 is 1.70 bits per heavy atom. The fraction of sp³-hybridized carbons (Fsp3) is 0.556. The van der Waals surface area contributed by atoms with Crippen molar-refractivity contribution >= 4 is 29.6 Å². The Morgan fingerprint density at radius 1 is 1.09 bits per heavy atom. The van der Waals surface area contributed by atoms with Gasteiger partial charge in [-0.3, -0.25) is 19.2 Å². The van der Waals surface area contributed by atoms with E-state index < -0.39 is 66.5 Å². The molecule has 0 aromatic carbocycles. The maximum absolute atomic E-state index is 12.8. The van der Waals surface area contributed by atoms with E-state index >= 15 is 0 Å². The zero-order valence-electron chi connectivity index (χ0n) is 17.9. The second-order valence-corrected chi connectivity index (χ2v) is 7.26. The lowest BCUT2D eigenvalue weighted by molar-refractivity contribution is -0.145. The van der Waals surface area contributed by atoms with E-state index in [0.717, 1.165) is 6.92 Å². The molecule has 1 aromatic heterocycles. The standard InChI is InChI=1S/C18H29N7O8/c1-8(27)14(18(32)33)25-17(31)12(6-26)24-16(30)11(4-9-5-21-7-22-9)23-15(29)10(19)2-3-13(20)28/h5,7-8,10-12,14,26-27H,2-4,6,19H2,1H3,(H2,20,28)(H,21,22)(H,23,29)(H,24,30)(H,25,31)(H,32,33). The number of primary amides is 1. The van der Waals surface area contributed by atoms with E-state index in [9.17, 15) is 34.2 Å². The number of amides is 4. The average molecular weight is 471 g/mol. The van der Waals surface area contributed by atoms with Crippen molar-refractivity contribution in [3.05, 3.63) is 18.2 Å². The van der Waals surface area contributed by atoms with Crippen LogP contribution in [0.15, 0.2) is 12.5 Å². The van der Waals surface area contributed by atoms with Crippen LogP contribution in [0, 0.1) is 0 Å². The summed E-state index contributed by atoms with van der Waals surface area (Å²) >= 11 is 0. The number of nitrogens with two attached hydrogens (primary N) is 2. The van der Waals surface area contributed by atoms with Crippen molar-refractivity contribution in [2.75, 3.05) is 6.61 Å². The SMILES string of the molecule is CC(O)C(NC(=O)C(CO)NC(=O)C(Cc1cnc[nH]1)NC(=O)C(N)CCC(N)=O)C(=O)O. The third-order valence-electron chi connectivity index (χ3n) is 4.51. The normalized spacial score (nSPS) is 15.4. The van der Waals surface area contributed by atoms with Gasteiger partial charge >= 0.3 is 5.97 Å². The van der Waals surface area contributed by atoms with Gasteiger partial charge in [0.05, 0.1) is 25.1 Å². The number of aliphatic carboxylic acids is 1. The number of carbonyl (C=O) groups excluding carboxylic acids is 4. The molecule has 5 atom stereocenters. The second kappa shape index (κ2) is 13.1. The zero-order valence-corrected chi connectivity index (χ0v) is 17.9. The van der Waals surface area contributed by atoms with Gasteiger partial charge in [0.15, 0.2) is 6.04 Å². The summed E-state index contributed by atoms with van der Waals surface area (Å²) in [5.41, 5.74) is 11.2. The van der Waals surface area contributed by atoms with E-state index in [1.807, 2.05) is 5.32 Å². The van der Waals surface area contributed by atoms with Crippen molar-refractivity contribution in [3.63, 3.8) is 0 Å². The molecule has 0 bridgehead atoms. The Hall–Kier alpha value is -3.56. The van der Waals surface area contributed by atoms with Crippen LogP contribution in [-0.2, 0) is 30.4 Å². The number of aromatic nitrogens is 2. The van der Waals surface area contributed by atoms with E-state index in [2.05, 4.69) is 20.6 Å². The first kappa shape index (κ1) is 27.5. The van der Waals surface area contributed by atoms with E-state index in [1.54, 1.807) is 0 Å². The van der Waals surface area contributed by atoms with Crippen LogP contribution in [0.4, 0.5) is 0 Å². The number of hydrogen-bond acceptors (Lipinski definition) is 9. The lowest BCUT2D eigenvalue weighted by Crippen LogP contribution is -2.59. The predicted octanol–water partition coefficient (Wildman–Crippen LogP) is -4.54. The molecular formula is C18H29N7O8. The lowest BCUT2D eigenvalue weighted by atomic mass is 10.1. The summed E-state index contributed by atoms with van der Waals surface area (Å²) in [6.07, 6.45) is 0.998. The molecule has 0 aliphatic carbocycles. The van der Waals surface area contributed by atoms with E-state index in [-0.39, 0.29) is 19.3 Å². The maximum atomic E-state index is 12.8. The first-order valence-corrected chi connectivity index (χ1v) is 9.90. The molecule has 0 fully saturated rings. The Bertz CT molecular complexity index is 830. The maximum Gasteiger partial charge on any atom is 0.328 e. The molecule has 0 spiro atoms. The zero-order chi connectivity index (χ0) is 25.1. The van der Waals surface area contributed by atoms with Crippen molar-refractivity contribution in [3.8, 4) is 0 Å². The molecule has 15 heteroatoms. The van der Waals surface area contributed by atoms with Crippen LogP contribution >= 0.6 is 0 Å².